The van der Waals surface area contributed by atoms with E-state index in [0.29, 0.717) is 28.7 Å². The molecule has 1 aliphatic carbocycles. The lowest BCUT2D eigenvalue weighted by atomic mass is 10.1. The fourth-order valence-electron chi connectivity index (χ4n) is 3.29. The second-order valence-electron chi connectivity index (χ2n) is 7.11. The zero-order chi connectivity index (χ0) is 19.7. The quantitative estimate of drug-likeness (QED) is 0.605. The van der Waals surface area contributed by atoms with Crippen molar-refractivity contribution in [3.05, 3.63) is 59.3 Å². The first-order chi connectivity index (χ1) is 13.5. The molecule has 4 rings (SSSR count). The SMILES string of the molecule is CNCC1(C(=O)Nc2cc3c(C=Cc4ccccc4F)n[nH]c3cc2F)CC1. The van der Waals surface area contributed by atoms with Crippen LogP contribution in [0.15, 0.2) is 36.4 Å². The van der Waals surface area contributed by atoms with Gasteiger partial charge in [0.2, 0.25) is 5.91 Å². The normalized spacial score (nSPS) is 15.2. The summed E-state index contributed by atoms with van der Waals surface area (Å²) in [6.45, 7) is 0.561. The highest BCUT2D eigenvalue weighted by Gasteiger charge is 2.49. The van der Waals surface area contributed by atoms with Gasteiger partial charge in [0.05, 0.1) is 22.3 Å². The number of carbonyl (C=O) groups is 1. The minimum atomic E-state index is -0.533. The number of hydrogen-bond acceptors (Lipinski definition) is 3. The summed E-state index contributed by atoms with van der Waals surface area (Å²) < 4.78 is 28.2. The minimum Gasteiger partial charge on any atom is -0.323 e. The predicted molar refractivity (Wildman–Crippen MR) is 106 cm³/mol. The lowest BCUT2D eigenvalue weighted by Crippen LogP contribution is -2.32. The zero-order valence-corrected chi connectivity index (χ0v) is 15.4. The maximum atomic E-state index is 14.4. The first kappa shape index (κ1) is 18.3. The summed E-state index contributed by atoms with van der Waals surface area (Å²) in [7, 11) is 1.79. The summed E-state index contributed by atoms with van der Waals surface area (Å²) in [4.78, 5) is 12.5. The Morgan fingerprint density at radius 3 is 2.71 bits per heavy atom. The summed E-state index contributed by atoms with van der Waals surface area (Å²) in [5, 5.41) is 13.3. The van der Waals surface area contributed by atoms with Crippen LogP contribution in [-0.2, 0) is 4.79 Å². The van der Waals surface area contributed by atoms with Gasteiger partial charge >= 0.3 is 0 Å². The van der Waals surface area contributed by atoms with Crippen LogP contribution in [0.3, 0.4) is 0 Å². The molecule has 0 unspecified atom stereocenters. The highest BCUT2D eigenvalue weighted by atomic mass is 19.1. The average molecular weight is 382 g/mol. The maximum absolute atomic E-state index is 14.4. The number of nitrogens with zero attached hydrogens (tertiary/aromatic N) is 1. The van der Waals surface area contributed by atoms with Crippen molar-refractivity contribution in [1.29, 1.82) is 0 Å². The van der Waals surface area contributed by atoms with Crippen molar-refractivity contribution in [2.75, 3.05) is 18.9 Å². The molecule has 0 atom stereocenters. The monoisotopic (exact) mass is 382 g/mol. The summed E-state index contributed by atoms with van der Waals surface area (Å²) in [6.07, 6.45) is 4.83. The molecule has 3 N–H and O–H groups in total. The molecule has 0 spiro atoms. The van der Waals surface area contributed by atoms with Crippen molar-refractivity contribution in [2.24, 2.45) is 5.41 Å². The second kappa shape index (κ2) is 7.16. The number of H-pyrrole nitrogens is 1. The molecule has 0 radical (unpaired) electrons. The lowest BCUT2D eigenvalue weighted by Gasteiger charge is -2.15. The van der Waals surface area contributed by atoms with Crippen LogP contribution in [-0.4, -0.2) is 29.7 Å². The smallest absolute Gasteiger partial charge is 0.231 e. The third-order valence-corrected chi connectivity index (χ3v) is 5.10. The van der Waals surface area contributed by atoms with Gasteiger partial charge in [-0.05, 0) is 44.2 Å². The van der Waals surface area contributed by atoms with Gasteiger partial charge in [0.1, 0.15) is 11.6 Å². The highest BCUT2D eigenvalue weighted by Crippen LogP contribution is 2.46. The highest BCUT2D eigenvalue weighted by molar-refractivity contribution is 6.00. The average Bonchev–Trinajstić information content (AvgIpc) is 3.37. The Morgan fingerprint density at radius 2 is 2.00 bits per heavy atom. The fourth-order valence-corrected chi connectivity index (χ4v) is 3.29. The van der Waals surface area contributed by atoms with Crippen molar-refractivity contribution in [2.45, 2.75) is 12.8 Å². The molecule has 1 fully saturated rings. The van der Waals surface area contributed by atoms with Crippen molar-refractivity contribution >= 4 is 34.6 Å². The third kappa shape index (κ3) is 3.41. The molecule has 1 heterocycles. The standard InChI is InChI=1S/C21H20F2N4O/c1-24-12-21(8-9-21)20(28)25-19-10-14-17(26-27-18(14)11-16(19)23)7-6-13-4-2-3-5-15(13)22/h2-7,10-11,24H,8-9,12H2,1H3,(H,25,28)(H,26,27). The number of fused-ring (bicyclic) bond motifs is 1. The molecule has 1 aliphatic rings. The Bertz CT molecular complexity index is 1070. The number of halogens is 2. The van der Waals surface area contributed by atoms with Crippen molar-refractivity contribution in [3.8, 4) is 0 Å². The van der Waals surface area contributed by atoms with E-state index in [0.717, 1.165) is 12.8 Å². The van der Waals surface area contributed by atoms with E-state index < -0.39 is 11.2 Å². The largest absolute Gasteiger partial charge is 0.323 e. The van der Waals surface area contributed by atoms with E-state index in [9.17, 15) is 13.6 Å². The zero-order valence-electron chi connectivity index (χ0n) is 15.4. The van der Waals surface area contributed by atoms with E-state index in [1.165, 1.54) is 12.1 Å². The van der Waals surface area contributed by atoms with Crippen LogP contribution >= 0.6 is 0 Å². The number of hydrogen-bond donors (Lipinski definition) is 3. The van der Waals surface area contributed by atoms with Gasteiger partial charge in [0.25, 0.3) is 0 Å². The molecule has 1 aromatic heterocycles. The van der Waals surface area contributed by atoms with E-state index in [-0.39, 0.29) is 17.4 Å². The number of aromatic nitrogens is 2. The van der Waals surface area contributed by atoms with Gasteiger partial charge in [-0.3, -0.25) is 9.89 Å². The Balaban J connectivity index is 1.63. The van der Waals surface area contributed by atoms with E-state index in [1.807, 2.05) is 0 Å². The van der Waals surface area contributed by atoms with Gasteiger partial charge < -0.3 is 10.6 Å². The summed E-state index contributed by atoms with van der Waals surface area (Å²) in [5.74, 6) is -1.06. The molecule has 0 saturated heterocycles. The summed E-state index contributed by atoms with van der Waals surface area (Å²) in [6, 6.07) is 9.26. The molecule has 5 nitrogen and oxygen atoms in total. The fraction of sp³-hybridized carbons (Fsp3) is 0.238. The van der Waals surface area contributed by atoms with E-state index in [1.54, 1.807) is 43.5 Å². The Morgan fingerprint density at radius 1 is 1.21 bits per heavy atom. The predicted octanol–water partition coefficient (Wildman–Crippen LogP) is 3.95. The molecule has 7 heteroatoms. The van der Waals surface area contributed by atoms with Crippen LogP contribution in [0.2, 0.25) is 0 Å². The number of nitrogens with one attached hydrogen (secondary N) is 3. The molecule has 0 aliphatic heterocycles. The van der Waals surface area contributed by atoms with Crippen LogP contribution in [0.5, 0.6) is 0 Å². The molecule has 28 heavy (non-hydrogen) atoms. The van der Waals surface area contributed by atoms with Gasteiger partial charge in [0.15, 0.2) is 0 Å². The first-order valence-corrected chi connectivity index (χ1v) is 9.09. The van der Waals surface area contributed by atoms with Crippen molar-refractivity contribution in [1.82, 2.24) is 15.5 Å². The van der Waals surface area contributed by atoms with Crippen LogP contribution in [0.4, 0.5) is 14.5 Å². The molecular formula is C21H20F2N4O. The lowest BCUT2D eigenvalue weighted by molar-refractivity contribution is -0.121. The Labute approximate surface area is 160 Å². The van der Waals surface area contributed by atoms with Gasteiger partial charge in [-0.2, -0.15) is 5.10 Å². The van der Waals surface area contributed by atoms with Crippen LogP contribution < -0.4 is 10.6 Å². The van der Waals surface area contributed by atoms with E-state index >= 15 is 0 Å². The number of rotatable bonds is 6. The topological polar surface area (TPSA) is 69.8 Å². The Hall–Kier alpha value is -3.06. The molecular weight excluding hydrogens is 362 g/mol. The van der Waals surface area contributed by atoms with Gasteiger partial charge in [-0.25, -0.2) is 8.78 Å². The number of aromatic amines is 1. The van der Waals surface area contributed by atoms with Crippen LogP contribution in [0.1, 0.15) is 24.1 Å². The molecule has 2 aromatic carbocycles. The van der Waals surface area contributed by atoms with Gasteiger partial charge in [0, 0.05) is 23.6 Å². The number of benzene rings is 2. The molecule has 1 amide bonds. The van der Waals surface area contributed by atoms with Gasteiger partial charge in [-0.15, -0.1) is 0 Å². The second-order valence-corrected chi connectivity index (χ2v) is 7.11. The summed E-state index contributed by atoms with van der Waals surface area (Å²) in [5.41, 5.74) is 1.11. The van der Waals surface area contributed by atoms with E-state index in [2.05, 4.69) is 20.8 Å². The molecule has 1 saturated carbocycles. The number of anilines is 1. The number of amides is 1. The van der Waals surface area contributed by atoms with Gasteiger partial charge in [-0.1, -0.05) is 18.2 Å². The molecule has 3 aromatic rings. The van der Waals surface area contributed by atoms with Crippen LogP contribution in [0.25, 0.3) is 23.1 Å². The van der Waals surface area contributed by atoms with Crippen molar-refractivity contribution in [3.63, 3.8) is 0 Å². The Kier molecular flexibility index (Phi) is 4.68. The van der Waals surface area contributed by atoms with Crippen molar-refractivity contribution < 1.29 is 13.6 Å². The first-order valence-electron chi connectivity index (χ1n) is 9.09. The summed E-state index contributed by atoms with van der Waals surface area (Å²) >= 11 is 0. The maximum Gasteiger partial charge on any atom is 0.231 e. The molecule has 0 bridgehead atoms. The minimum absolute atomic E-state index is 0.113. The van der Waals surface area contributed by atoms with E-state index in [4.69, 9.17) is 0 Å². The third-order valence-electron chi connectivity index (χ3n) is 5.10. The molecule has 144 valence electrons. The van der Waals surface area contributed by atoms with Crippen LogP contribution in [0, 0.1) is 17.0 Å². The number of carbonyl (C=O) groups excluding carboxylic acids is 1.